The van der Waals surface area contributed by atoms with Crippen LogP contribution < -0.4 is 5.32 Å². The van der Waals surface area contributed by atoms with Crippen molar-refractivity contribution in [1.29, 1.82) is 0 Å². The lowest BCUT2D eigenvalue weighted by molar-refractivity contribution is 0.0903. The van der Waals surface area contributed by atoms with Crippen LogP contribution >= 0.6 is 23.2 Å². The first-order valence-electron chi connectivity index (χ1n) is 6.03. The first-order chi connectivity index (χ1) is 8.18. The molecule has 0 spiro atoms. The van der Waals surface area contributed by atoms with Crippen LogP contribution in [-0.2, 0) is 6.54 Å². The lowest BCUT2D eigenvalue weighted by Crippen LogP contribution is -2.41. The zero-order chi connectivity index (χ0) is 12.3. The van der Waals surface area contributed by atoms with Gasteiger partial charge in [-0.2, -0.15) is 0 Å². The highest BCUT2D eigenvalue weighted by Crippen LogP contribution is 2.25. The van der Waals surface area contributed by atoms with Crippen molar-refractivity contribution in [3.8, 4) is 0 Å². The van der Waals surface area contributed by atoms with Gasteiger partial charge in [0.15, 0.2) is 0 Å². The number of halogens is 2. The molecule has 1 saturated carbocycles. The Hall–Kier alpha value is -0.280. The third kappa shape index (κ3) is 3.35. The molecule has 0 aromatic heterocycles. The fraction of sp³-hybridized carbons (Fsp3) is 0.538. The molecule has 0 saturated heterocycles. The zero-order valence-corrected chi connectivity index (χ0v) is 11.1. The van der Waals surface area contributed by atoms with Crippen LogP contribution in [0.3, 0.4) is 0 Å². The maximum absolute atomic E-state index is 9.86. The number of aliphatic hydroxyl groups is 1. The summed E-state index contributed by atoms with van der Waals surface area (Å²) in [7, 11) is 0. The molecule has 1 aliphatic carbocycles. The van der Waals surface area contributed by atoms with Crippen LogP contribution in [0.5, 0.6) is 0 Å². The molecule has 1 aliphatic rings. The summed E-state index contributed by atoms with van der Waals surface area (Å²) in [6.45, 7) is 0.611. The summed E-state index contributed by atoms with van der Waals surface area (Å²) in [5.74, 6) is 0. The standard InChI is InChI=1S/C13H17Cl2NO/c14-10-4-3-5-11(15)9(10)8-16-12-6-1-2-7-13(12)17/h3-5,12-13,16-17H,1-2,6-8H2. The summed E-state index contributed by atoms with van der Waals surface area (Å²) in [5, 5.41) is 14.6. The van der Waals surface area contributed by atoms with Gasteiger partial charge in [0.05, 0.1) is 6.10 Å². The van der Waals surface area contributed by atoms with Crippen molar-refractivity contribution in [3.63, 3.8) is 0 Å². The van der Waals surface area contributed by atoms with Crippen molar-refractivity contribution in [2.24, 2.45) is 0 Å². The monoisotopic (exact) mass is 273 g/mol. The predicted molar refractivity (Wildman–Crippen MR) is 71.6 cm³/mol. The van der Waals surface area contributed by atoms with E-state index in [1.165, 1.54) is 6.42 Å². The molecule has 0 heterocycles. The fourth-order valence-corrected chi connectivity index (χ4v) is 2.81. The highest BCUT2D eigenvalue weighted by atomic mass is 35.5. The van der Waals surface area contributed by atoms with E-state index in [1.807, 2.05) is 18.2 Å². The van der Waals surface area contributed by atoms with Crippen LogP contribution in [0.15, 0.2) is 18.2 Å². The first-order valence-corrected chi connectivity index (χ1v) is 6.78. The molecule has 94 valence electrons. The van der Waals surface area contributed by atoms with Crippen molar-refractivity contribution < 1.29 is 5.11 Å². The third-order valence-corrected chi connectivity index (χ3v) is 4.04. The number of hydrogen-bond donors (Lipinski definition) is 2. The maximum Gasteiger partial charge on any atom is 0.0693 e. The molecule has 2 N–H and O–H groups in total. The zero-order valence-electron chi connectivity index (χ0n) is 9.63. The highest BCUT2D eigenvalue weighted by molar-refractivity contribution is 6.35. The van der Waals surface area contributed by atoms with Crippen molar-refractivity contribution in [1.82, 2.24) is 5.32 Å². The van der Waals surface area contributed by atoms with Gasteiger partial charge in [-0.3, -0.25) is 0 Å². The van der Waals surface area contributed by atoms with Gasteiger partial charge in [0.25, 0.3) is 0 Å². The molecule has 1 aromatic carbocycles. The summed E-state index contributed by atoms with van der Waals surface area (Å²) in [6.07, 6.45) is 3.94. The van der Waals surface area contributed by atoms with Gasteiger partial charge in [-0.15, -0.1) is 0 Å². The number of aliphatic hydroxyl groups excluding tert-OH is 1. The molecule has 0 bridgehead atoms. The second kappa shape index (κ2) is 6.05. The molecule has 4 heteroatoms. The van der Waals surface area contributed by atoms with E-state index in [9.17, 15) is 5.11 Å². The fourth-order valence-electron chi connectivity index (χ4n) is 2.28. The Morgan fingerprint density at radius 2 is 1.82 bits per heavy atom. The summed E-state index contributed by atoms with van der Waals surface area (Å²) in [4.78, 5) is 0. The Morgan fingerprint density at radius 3 is 2.47 bits per heavy atom. The minimum Gasteiger partial charge on any atom is -0.392 e. The Bertz CT molecular complexity index is 363. The number of hydrogen-bond acceptors (Lipinski definition) is 2. The van der Waals surface area contributed by atoms with E-state index in [0.717, 1.165) is 24.8 Å². The predicted octanol–water partition coefficient (Wildman–Crippen LogP) is 3.39. The van der Waals surface area contributed by atoms with Gasteiger partial charge in [0, 0.05) is 28.2 Å². The molecule has 0 radical (unpaired) electrons. The largest absolute Gasteiger partial charge is 0.392 e. The summed E-state index contributed by atoms with van der Waals surface area (Å²) in [6, 6.07) is 5.67. The third-order valence-electron chi connectivity index (χ3n) is 3.33. The van der Waals surface area contributed by atoms with E-state index in [4.69, 9.17) is 23.2 Å². The SMILES string of the molecule is OC1CCCCC1NCc1c(Cl)cccc1Cl. The van der Waals surface area contributed by atoms with E-state index in [0.29, 0.717) is 16.6 Å². The molecule has 1 aromatic rings. The van der Waals surface area contributed by atoms with E-state index in [-0.39, 0.29) is 12.1 Å². The average molecular weight is 274 g/mol. The normalized spacial score (nSPS) is 24.9. The number of benzene rings is 1. The number of nitrogens with one attached hydrogen (secondary N) is 1. The Morgan fingerprint density at radius 1 is 1.18 bits per heavy atom. The minimum absolute atomic E-state index is 0.163. The van der Waals surface area contributed by atoms with E-state index in [2.05, 4.69) is 5.32 Å². The molecule has 2 unspecified atom stereocenters. The van der Waals surface area contributed by atoms with Crippen LogP contribution in [0.2, 0.25) is 10.0 Å². The molecule has 2 nitrogen and oxygen atoms in total. The van der Waals surface area contributed by atoms with E-state index >= 15 is 0 Å². The van der Waals surface area contributed by atoms with E-state index < -0.39 is 0 Å². The second-order valence-electron chi connectivity index (χ2n) is 4.54. The lowest BCUT2D eigenvalue weighted by Gasteiger charge is -2.28. The average Bonchev–Trinajstić information content (AvgIpc) is 2.30. The Kier molecular flexibility index (Phi) is 4.69. The smallest absolute Gasteiger partial charge is 0.0693 e. The minimum atomic E-state index is -0.245. The van der Waals surface area contributed by atoms with Gasteiger partial charge in [0.2, 0.25) is 0 Å². The summed E-state index contributed by atoms with van der Waals surface area (Å²) in [5.41, 5.74) is 0.911. The maximum atomic E-state index is 9.86. The van der Waals surface area contributed by atoms with Crippen LogP contribution in [0.25, 0.3) is 0 Å². The quantitative estimate of drug-likeness (QED) is 0.885. The van der Waals surface area contributed by atoms with Gasteiger partial charge < -0.3 is 10.4 Å². The van der Waals surface area contributed by atoms with Crippen molar-refractivity contribution in [2.45, 2.75) is 44.4 Å². The van der Waals surface area contributed by atoms with Gasteiger partial charge in [-0.25, -0.2) is 0 Å². The second-order valence-corrected chi connectivity index (χ2v) is 5.35. The lowest BCUT2D eigenvalue weighted by atomic mass is 9.92. The van der Waals surface area contributed by atoms with Crippen LogP contribution in [0.4, 0.5) is 0 Å². The molecule has 1 fully saturated rings. The number of rotatable bonds is 3. The first kappa shape index (κ1) is 13.2. The van der Waals surface area contributed by atoms with Crippen LogP contribution in [-0.4, -0.2) is 17.3 Å². The molecule has 2 rings (SSSR count). The van der Waals surface area contributed by atoms with Gasteiger partial charge in [0.1, 0.15) is 0 Å². The van der Waals surface area contributed by atoms with Crippen LogP contribution in [0.1, 0.15) is 31.2 Å². The Balaban J connectivity index is 1.97. The topological polar surface area (TPSA) is 32.3 Å². The van der Waals surface area contributed by atoms with Crippen molar-refractivity contribution in [3.05, 3.63) is 33.8 Å². The molecule has 0 aliphatic heterocycles. The van der Waals surface area contributed by atoms with E-state index in [1.54, 1.807) is 0 Å². The van der Waals surface area contributed by atoms with Gasteiger partial charge >= 0.3 is 0 Å². The van der Waals surface area contributed by atoms with Crippen LogP contribution in [0, 0.1) is 0 Å². The summed E-state index contributed by atoms with van der Waals surface area (Å²) >= 11 is 12.2. The van der Waals surface area contributed by atoms with Gasteiger partial charge in [-0.05, 0) is 25.0 Å². The molecular weight excluding hydrogens is 257 g/mol. The molecule has 17 heavy (non-hydrogen) atoms. The van der Waals surface area contributed by atoms with Crippen molar-refractivity contribution >= 4 is 23.2 Å². The molecular formula is C13H17Cl2NO. The molecule has 0 amide bonds. The Labute approximate surface area is 112 Å². The summed E-state index contributed by atoms with van der Waals surface area (Å²) < 4.78 is 0. The van der Waals surface area contributed by atoms with Gasteiger partial charge in [-0.1, -0.05) is 42.1 Å². The molecule has 2 atom stereocenters. The highest BCUT2D eigenvalue weighted by Gasteiger charge is 2.22. The van der Waals surface area contributed by atoms with Crippen molar-refractivity contribution in [2.75, 3.05) is 0 Å².